The van der Waals surface area contributed by atoms with Crippen LogP contribution in [0.5, 0.6) is 0 Å². The van der Waals surface area contributed by atoms with Crippen molar-refractivity contribution in [1.29, 1.82) is 0 Å². The van der Waals surface area contributed by atoms with E-state index in [1.54, 1.807) is 17.0 Å². The molecule has 18 heavy (non-hydrogen) atoms. The Morgan fingerprint density at radius 1 is 1.44 bits per heavy atom. The Hall–Kier alpha value is -1.77. The first kappa shape index (κ1) is 14.3. The zero-order valence-corrected chi connectivity index (χ0v) is 11.7. The monoisotopic (exact) mass is 246 g/mol. The van der Waals surface area contributed by atoms with Gasteiger partial charge in [-0.2, -0.15) is 0 Å². The van der Waals surface area contributed by atoms with Gasteiger partial charge in [0, 0.05) is 17.8 Å². The molecule has 1 aromatic carbocycles. The van der Waals surface area contributed by atoms with Crippen LogP contribution in [0.1, 0.15) is 36.7 Å². The smallest absolute Gasteiger partial charge is 0.256 e. The van der Waals surface area contributed by atoms with Crippen molar-refractivity contribution in [1.82, 2.24) is 4.90 Å². The number of hydrogen-bond acceptors (Lipinski definition) is 2. The number of anilines is 1. The van der Waals surface area contributed by atoms with Crippen LogP contribution in [0, 0.1) is 6.92 Å². The van der Waals surface area contributed by atoms with Gasteiger partial charge in [-0.3, -0.25) is 4.79 Å². The summed E-state index contributed by atoms with van der Waals surface area (Å²) in [5, 5.41) is 0. The molecule has 0 aliphatic carbocycles. The minimum absolute atomic E-state index is 0.0522. The quantitative estimate of drug-likeness (QED) is 0.658. The first-order valence-corrected chi connectivity index (χ1v) is 6.07. The molecule has 0 spiro atoms. The topological polar surface area (TPSA) is 46.3 Å². The average Bonchev–Trinajstić information content (AvgIpc) is 2.27. The standard InChI is InChI=1S/C15H22N2O/c1-6-10-17(15(3,4)5)14(18)12-9-7-8-11(2)13(12)16/h6-9H,1,10,16H2,2-5H3. The van der Waals surface area contributed by atoms with E-state index in [0.29, 0.717) is 17.8 Å². The minimum Gasteiger partial charge on any atom is -0.398 e. The maximum atomic E-state index is 12.6. The van der Waals surface area contributed by atoms with Gasteiger partial charge in [0.05, 0.1) is 5.56 Å². The van der Waals surface area contributed by atoms with E-state index in [-0.39, 0.29) is 11.4 Å². The number of hydrogen-bond donors (Lipinski definition) is 1. The third-order valence-electron chi connectivity index (χ3n) is 2.92. The molecule has 0 radical (unpaired) electrons. The molecule has 0 saturated carbocycles. The first-order chi connectivity index (χ1) is 8.29. The molecule has 0 bridgehead atoms. The highest BCUT2D eigenvalue weighted by Gasteiger charge is 2.27. The Kier molecular flexibility index (Phi) is 4.17. The number of nitrogens with two attached hydrogens (primary N) is 1. The Bertz CT molecular complexity index is 458. The van der Waals surface area contributed by atoms with Gasteiger partial charge in [-0.1, -0.05) is 18.2 Å². The molecule has 0 atom stereocenters. The van der Waals surface area contributed by atoms with Gasteiger partial charge in [0.1, 0.15) is 0 Å². The van der Waals surface area contributed by atoms with Gasteiger partial charge in [0.15, 0.2) is 0 Å². The normalized spacial score (nSPS) is 11.1. The second-order valence-electron chi connectivity index (χ2n) is 5.41. The molecule has 0 saturated heterocycles. The largest absolute Gasteiger partial charge is 0.398 e. The van der Waals surface area contributed by atoms with E-state index in [1.165, 1.54) is 0 Å². The van der Waals surface area contributed by atoms with Crippen molar-refractivity contribution in [3.8, 4) is 0 Å². The van der Waals surface area contributed by atoms with E-state index in [1.807, 2.05) is 39.8 Å². The fraction of sp³-hybridized carbons (Fsp3) is 0.400. The van der Waals surface area contributed by atoms with E-state index in [0.717, 1.165) is 5.56 Å². The molecule has 0 fully saturated rings. The molecule has 1 amide bonds. The molecule has 3 heteroatoms. The van der Waals surface area contributed by atoms with Crippen molar-refractivity contribution in [2.45, 2.75) is 33.2 Å². The summed E-state index contributed by atoms with van der Waals surface area (Å²) < 4.78 is 0. The zero-order valence-electron chi connectivity index (χ0n) is 11.7. The van der Waals surface area contributed by atoms with Crippen LogP contribution in [0.15, 0.2) is 30.9 Å². The van der Waals surface area contributed by atoms with Crippen LogP contribution in [0.3, 0.4) is 0 Å². The molecule has 1 rings (SSSR count). The van der Waals surface area contributed by atoms with Gasteiger partial charge in [0.25, 0.3) is 5.91 Å². The number of benzene rings is 1. The summed E-state index contributed by atoms with van der Waals surface area (Å²) in [7, 11) is 0. The fourth-order valence-electron chi connectivity index (χ4n) is 1.80. The first-order valence-electron chi connectivity index (χ1n) is 6.07. The number of para-hydroxylation sites is 1. The Balaban J connectivity index is 3.18. The summed E-state index contributed by atoms with van der Waals surface area (Å²) in [5.74, 6) is -0.0522. The molecule has 0 aromatic heterocycles. The van der Waals surface area contributed by atoms with Gasteiger partial charge in [-0.25, -0.2) is 0 Å². The zero-order chi connectivity index (χ0) is 13.9. The van der Waals surface area contributed by atoms with Crippen molar-refractivity contribution in [3.63, 3.8) is 0 Å². The van der Waals surface area contributed by atoms with Crippen molar-refractivity contribution in [3.05, 3.63) is 42.0 Å². The second kappa shape index (κ2) is 5.25. The van der Waals surface area contributed by atoms with Crippen LogP contribution in [0.4, 0.5) is 5.69 Å². The average molecular weight is 246 g/mol. The SMILES string of the molecule is C=CCN(C(=O)c1cccc(C)c1N)C(C)(C)C. The van der Waals surface area contributed by atoms with E-state index in [4.69, 9.17) is 5.73 Å². The maximum absolute atomic E-state index is 12.6. The molecule has 1 aromatic rings. The summed E-state index contributed by atoms with van der Waals surface area (Å²) in [4.78, 5) is 14.3. The lowest BCUT2D eigenvalue weighted by Gasteiger charge is -2.35. The highest BCUT2D eigenvalue weighted by atomic mass is 16.2. The van der Waals surface area contributed by atoms with Crippen LogP contribution >= 0.6 is 0 Å². The van der Waals surface area contributed by atoms with Crippen molar-refractivity contribution in [2.75, 3.05) is 12.3 Å². The predicted molar refractivity (Wildman–Crippen MR) is 76.6 cm³/mol. The lowest BCUT2D eigenvalue weighted by Crippen LogP contribution is -2.45. The van der Waals surface area contributed by atoms with E-state index >= 15 is 0 Å². The molecular formula is C15H22N2O. The minimum atomic E-state index is -0.262. The van der Waals surface area contributed by atoms with Gasteiger partial charge in [-0.15, -0.1) is 6.58 Å². The van der Waals surface area contributed by atoms with Crippen molar-refractivity contribution < 1.29 is 4.79 Å². The van der Waals surface area contributed by atoms with Crippen LogP contribution in [-0.4, -0.2) is 22.9 Å². The molecular weight excluding hydrogens is 224 g/mol. The number of aryl methyl sites for hydroxylation is 1. The lowest BCUT2D eigenvalue weighted by atomic mass is 10.0. The predicted octanol–water partition coefficient (Wildman–Crippen LogP) is 3.00. The van der Waals surface area contributed by atoms with Gasteiger partial charge < -0.3 is 10.6 Å². The summed E-state index contributed by atoms with van der Waals surface area (Å²) in [5.41, 5.74) is 7.77. The van der Waals surface area contributed by atoms with Crippen molar-refractivity contribution in [2.24, 2.45) is 0 Å². The summed E-state index contributed by atoms with van der Waals surface area (Å²) in [6, 6.07) is 5.53. The molecule has 0 heterocycles. The van der Waals surface area contributed by atoms with Crippen LogP contribution < -0.4 is 5.73 Å². The summed E-state index contributed by atoms with van der Waals surface area (Å²) in [6.07, 6.45) is 1.73. The molecule has 2 N–H and O–H groups in total. The number of carbonyl (C=O) groups excluding carboxylic acids is 1. The Morgan fingerprint density at radius 2 is 2.06 bits per heavy atom. The number of nitrogens with zero attached hydrogens (tertiary/aromatic N) is 1. The Morgan fingerprint density at radius 3 is 2.56 bits per heavy atom. The molecule has 3 nitrogen and oxygen atoms in total. The second-order valence-corrected chi connectivity index (χ2v) is 5.41. The number of nitrogen functional groups attached to an aromatic ring is 1. The number of amides is 1. The number of rotatable bonds is 3. The Labute approximate surface area is 109 Å². The van der Waals surface area contributed by atoms with E-state index in [9.17, 15) is 4.79 Å². The molecule has 0 aliphatic rings. The van der Waals surface area contributed by atoms with Crippen LogP contribution in [-0.2, 0) is 0 Å². The summed E-state index contributed by atoms with van der Waals surface area (Å²) in [6.45, 7) is 12.1. The van der Waals surface area contributed by atoms with Gasteiger partial charge >= 0.3 is 0 Å². The summed E-state index contributed by atoms with van der Waals surface area (Å²) >= 11 is 0. The van der Waals surface area contributed by atoms with Gasteiger partial charge in [-0.05, 0) is 39.3 Å². The highest BCUT2D eigenvalue weighted by molar-refractivity contribution is 6.00. The van der Waals surface area contributed by atoms with Crippen LogP contribution in [0.25, 0.3) is 0 Å². The number of carbonyl (C=O) groups is 1. The molecule has 0 unspecified atom stereocenters. The highest BCUT2D eigenvalue weighted by Crippen LogP contribution is 2.22. The molecule has 0 aliphatic heterocycles. The van der Waals surface area contributed by atoms with Gasteiger partial charge in [0.2, 0.25) is 0 Å². The third kappa shape index (κ3) is 2.92. The van der Waals surface area contributed by atoms with Crippen LogP contribution in [0.2, 0.25) is 0 Å². The van der Waals surface area contributed by atoms with E-state index in [2.05, 4.69) is 6.58 Å². The van der Waals surface area contributed by atoms with E-state index < -0.39 is 0 Å². The lowest BCUT2D eigenvalue weighted by molar-refractivity contribution is 0.0617. The molecule has 98 valence electrons. The maximum Gasteiger partial charge on any atom is 0.256 e. The van der Waals surface area contributed by atoms with Crippen molar-refractivity contribution >= 4 is 11.6 Å². The third-order valence-corrected chi connectivity index (χ3v) is 2.92. The fourth-order valence-corrected chi connectivity index (χ4v) is 1.80.